The molecule has 0 aliphatic rings. The molecular formula is C12H8BrFN2O2. The lowest BCUT2D eigenvalue weighted by molar-refractivity contribution is 0.0697. The van der Waals surface area contributed by atoms with Gasteiger partial charge in [-0.05, 0) is 46.3 Å². The van der Waals surface area contributed by atoms with Crippen LogP contribution in [-0.4, -0.2) is 16.1 Å². The molecule has 0 unspecified atom stereocenters. The van der Waals surface area contributed by atoms with E-state index in [1.807, 2.05) is 0 Å². The Bertz CT molecular complexity index is 604. The van der Waals surface area contributed by atoms with Gasteiger partial charge in [0, 0.05) is 10.7 Å². The summed E-state index contributed by atoms with van der Waals surface area (Å²) < 4.78 is 13.4. The van der Waals surface area contributed by atoms with Crippen LogP contribution < -0.4 is 5.32 Å². The van der Waals surface area contributed by atoms with E-state index in [9.17, 15) is 9.18 Å². The zero-order chi connectivity index (χ0) is 13.1. The zero-order valence-corrected chi connectivity index (χ0v) is 10.6. The third-order valence-corrected chi connectivity index (χ3v) is 2.86. The van der Waals surface area contributed by atoms with E-state index in [2.05, 4.69) is 26.2 Å². The molecule has 4 nitrogen and oxygen atoms in total. The summed E-state index contributed by atoms with van der Waals surface area (Å²) in [5.74, 6) is -1.01. The number of carbonyl (C=O) groups is 1. The summed E-state index contributed by atoms with van der Waals surface area (Å²) in [7, 11) is 0. The maximum absolute atomic E-state index is 12.9. The summed E-state index contributed by atoms with van der Waals surface area (Å²) >= 11 is 3.21. The van der Waals surface area contributed by atoms with Gasteiger partial charge in [0.05, 0.1) is 11.3 Å². The van der Waals surface area contributed by atoms with Gasteiger partial charge in [0.15, 0.2) is 0 Å². The Balaban J connectivity index is 2.28. The summed E-state index contributed by atoms with van der Waals surface area (Å²) in [5, 5.41) is 11.8. The molecule has 2 N–H and O–H groups in total. The topological polar surface area (TPSA) is 62.2 Å². The number of aromatic nitrogens is 1. The van der Waals surface area contributed by atoms with E-state index < -0.39 is 5.97 Å². The van der Waals surface area contributed by atoms with Crippen LogP contribution in [0.1, 0.15) is 10.4 Å². The van der Waals surface area contributed by atoms with E-state index in [-0.39, 0.29) is 11.4 Å². The second-order valence-corrected chi connectivity index (χ2v) is 4.34. The van der Waals surface area contributed by atoms with Crippen LogP contribution in [0.15, 0.2) is 41.0 Å². The molecule has 1 aromatic carbocycles. The van der Waals surface area contributed by atoms with E-state index in [1.54, 1.807) is 0 Å². The van der Waals surface area contributed by atoms with Crippen LogP contribution in [0, 0.1) is 5.82 Å². The predicted molar refractivity (Wildman–Crippen MR) is 68.6 cm³/mol. The molecule has 2 aromatic rings. The number of halogens is 2. The Morgan fingerprint density at radius 3 is 2.78 bits per heavy atom. The third-order valence-electron chi connectivity index (χ3n) is 2.20. The molecule has 0 aliphatic carbocycles. The largest absolute Gasteiger partial charge is 0.478 e. The minimum atomic E-state index is -1.03. The highest BCUT2D eigenvalue weighted by molar-refractivity contribution is 9.10. The van der Waals surface area contributed by atoms with E-state index in [0.717, 1.165) is 0 Å². The lowest BCUT2D eigenvalue weighted by atomic mass is 10.2. The molecule has 2 rings (SSSR count). The molecule has 6 heteroatoms. The van der Waals surface area contributed by atoms with E-state index in [1.165, 1.54) is 36.5 Å². The van der Waals surface area contributed by atoms with Crippen LogP contribution >= 0.6 is 15.9 Å². The number of carboxylic acid groups (broad SMARTS) is 1. The van der Waals surface area contributed by atoms with Gasteiger partial charge >= 0.3 is 5.97 Å². The smallest absolute Gasteiger partial charge is 0.335 e. The molecule has 0 radical (unpaired) electrons. The molecule has 0 spiro atoms. The second kappa shape index (κ2) is 5.14. The fourth-order valence-electron chi connectivity index (χ4n) is 1.36. The summed E-state index contributed by atoms with van der Waals surface area (Å²) in [5.41, 5.74) is 0.733. The highest BCUT2D eigenvalue weighted by atomic mass is 79.9. The van der Waals surface area contributed by atoms with E-state index in [0.29, 0.717) is 16.0 Å². The van der Waals surface area contributed by atoms with E-state index >= 15 is 0 Å². The summed E-state index contributed by atoms with van der Waals surface area (Å²) in [4.78, 5) is 14.8. The Morgan fingerprint density at radius 2 is 2.11 bits per heavy atom. The number of rotatable bonds is 3. The first-order valence-corrected chi connectivity index (χ1v) is 5.77. The molecule has 0 amide bonds. The molecule has 0 saturated heterocycles. The second-order valence-electron chi connectivity index (χ2n) is 3.48. The molecule has 0 bridgehead atoms. The van der Waals surface area contributed by atoms with Crippen molar-refractivity contribution in [1.29, 1.82) is 0 Å². The fraction of sp³-hybridized carbons (Fsp3) is 0. The SMILES string of the molecule is O=C(O)c1ccnc(Nc2ccc(F)cc2Br)c1. The molecule has 0 saturated carbocycles. The van der Waals surface area contributed by atoms with Crippen molar-refractivity contribution in [3.8, 4) is 0 Å². The van der Waals surface area contributed by atoms with Crippen molar-refractivity contribution in [2.24, 2.45) is 0 Å². The normalized spacial score (nSPS) is 10.1. The average molecular weight is 311 g/mol. The van der Waals surface area contributed by atoms with Gasteiger partial charge in [-0.2, -0.15) is 0 Å². The molecule has 0 fully saturated rings. The average Bonchev–Trinajstić information content (AvgIpc) is 2.33. The predicted octanol–water partition coefficient (Wildman–Crippen LogP) is 3.43. The number of nitrogens with zero attached hydrogens (tertiary/aromatic N) is 1. The van der Waals surface area contributed by atoms with Crippen molar-refractivity contribution in [3.63, 3.8) is 0 Å². The number of carboxylic acids is 1. The number of hydrogen-bond donors (Lipinski definition) is 2. The first kappa shape index (κ1) is 12.5. The monoisotopic (exact) mass is 310 g/mol. The number of anilines is 2. The summed E-state index contributed by atoms with van der Waals surface area (Å²) in [6.45, 7) is 0. The van der Waals surface area contributed by atoms with Crippen LogP contribution in [0.2, 0.25) is 0 Å². The van der Waals surface area contributed by atoms with Gasteiger partial charge in [-0.15, -0.1) is 0 Å². The number of pyridine rings is 1. The highest BCUT2D eigenvalue weighted by Crippen LogP contribution is 2.25. The first-order chi connectivity index (χ1) is 8.56. The van der Waals surface area contributed by atoms with Crippen LogP contribution in [-0.2, 0) is 0 Å². The minimum absolute atomic E-state index is 0.130. The van der Waals surface area contributed by atoms with Gasteiger partial charge in [0.2, 0.25) is 0 Å². The minimum Gasteiger partial charge on any atom is -0.478 e. The molecule has 18 heavy (non-hydrogen) atoms. The number of aromatic carboxylic acids is 1. The summed E-state index contributed by atoms with van der Waals surface area (Å²) in [6.07, 6.45) is 1.39. The zero-order valence-electron chi connectivity index (χ0n) is 9.02. The quantitative estimate of drug-likeness (QED) is 0.911. The fourth-order valence-corrected chi connectivity index (χ4v) is 1.81. The van der Waals surface area contributed by atoms with Gasteiger partial charge in [-0.1, -0.05) is 0 Å². The van der Waals surface area contributed by atoms with Crippen LogP contribution in [0.5, 0.6) is 0 Å². The van der Waals surface area contributed by atoms with Crippen molar-refractivity contribution in [2.75, 3.05) is 5.32 Å². The molecule has 0 aliphatic heterocycles. The molecule has 0 atom stereocenters. The van der Waals surface area contributed by atoms with Gasteiger partial charge < -0.3 is 10.4 Å². The van der Waals surface area contributed by atoms with Crippen molar-refractivity contribution < 1.29 is 14.3 Å². The van der Waals surface area contributed by atoms with Gasteiger partial charge in [0.1, 0.15) is 11.6 Å². The van der Waals surface area contributed by atoms with Crippen molar-refractivity contribution in [1.82, 2.24) is 4.98 Å². The number of nitrogens with one attached hydrogen (secondary N) is 1. The Morgan fingerprint density at radius 1 is 1.33 bits per heavy atom. The van der Waals surface area contributed by atoms with Crippen molar-refractivity contribution in [3.05, 3.63) is 52.4 Å². The number of hydrogen-bond acceptors (Lipinski definition) is 3. The van der Waals surface area contributed by atoms with Crippen molar-refractivity contribution >= 4 is 33.4 Å². The highest BCUT2D eigenvalue weighted by Gasteiger charge is 2.06. The maximum Gasteiger partial charge on any atom is 0.335 e. The Kier molecular flexibility index (Phi) is 3.57. The maximum atomic E-state index is 12.9. The molecule has 1 heterocycles. The Labute approximate surface area is 111 Å². The first-order valence-electron chi connectivity index (χ1n) is 4.97. The van der Waals surface area contributed by atoms with Gasteiger partial charge in [-0.25, -0.2) is 14.2 Å². The molecule has 92 valence electrons. The lowest BCUT2D eigenvalue weighted by Gasteiger charge is -2.08. The van der Waals surface area contributed by atoms with Crippen LogP contribution in [0.25, 0.3) is 0 Å². The summed E-state index contributed by atoms with van der Waals surface area (Å²) in [6, 6.07) is 6.94. The van der Waals surface area contributed by atoms with Gasteiger partial charge in [0.25, 0.3) is 0 Å². The standard InChI is InChI=1S/C12H8BrFN2O2/c13-9-6-8(14)1-2-10(9)16-11-5-7(12(17)18)3-4-15-11/h1-6H,(H,15,16)(H,17,18). The van der Waals surface area contributed by atoms with Crippen molar-refractivity contribution in [2.45, 2.75) is 0 Å². The van der Waals surface area contributed by atoms with Crippen LogP contribution in [0.3, 0.4) is 0 Å². The lowest BCUT2D eigenvalue weighted by Crippen LogP contribution is -2.00. The third kappa shape index (κ3) is 2.84. The Hall–Kier alpha value is -1.95. The molecule has 1 aromatic heterocycles. The molecular weight excluding hydrogens is 303 g/mol. The van der Waals surface area contributed by atoms with Crippen LogP contribution in [0.4, 0.5) is 15.9 Å². The van der Waals surface area contributed by atoms with Gasteiger partial charge in [-0.3, -0.25) is 0 Å². The van der Waals surface area contributed by atoms with E-state index in [4.69, 9.17) is 5.11 Å². The number of benzene rings is 1.